The van der Waals surface area contributed by atoms with Crippen LogP contribution in [-0.4, -0.2) is 30.5 Å². The van der Waals surface area contributed by atoms with E-state index in [9.17, 15) is 19.2 Å². The number of amides is 2. The topological polar surface area (TPSA) is 102 Å². The molecule has 208 valence electrons. The van der Waals surface area contributed by atoms with Crippen molar-refractivity contribution in [1.82, 2.24) is 0 Å². The van der Waals surface area contributed by atoms with Gasteiger partial charge in [0.2, 0.25) is 11.8 Å². The van der Waals surface area contributed by atoms with Crippen molar-refractivity contribution in [2.75, 3.05) is 17.7 Å². The second-order valence-electron chi connectivity index (χ2n) is 10.00. The van der Waals surface area contributed by atoms with Gasteiger partial charge in [0.1, 0.15) is 17.6 Å². The first-order valence-corrected chi connectivity index (χ1v) is 13.2. The summed E-state index contributed by atoms with van der Waals surface area (Å²) in [5.41, 5.74) is 4.09. The first-order valence-electron chi connectivity index (χ1n) is 13.2. The molecule has 0 saturated carbocycles. The number of anilines is 2. The van der Waals surface area contributed by atoms with Crippen LogP contribution in [0.25, 0.3) is 0 Å². The molecule has 0 aliphatic rings. The van der Waals surface area contributed by atoms with Crippen molar-refractivity contribution < 1.29 is 23.9 Å². The minimum absolute atomic E-state index is 0.167. The van der Waals surface area contributed by atoms with Crippen LogP contribution in [0.3, 0.4) is 0 Å². The molecule has 41 heavy (non-hydrogen) atoms. The van der Waals surface area contributed by atoms with Crippen molar-refractivity contribution in [1.29, 1.82) is 0 Å². The third-order valence-electron chi connectivity index (χ3n) is 6.70. The summed E-state index contributed by atoms with van der Waals surface area (Å²) in [6.07, 6.45) is 0. The normalized spacial score (nSPS) is 12.1. The molecule has 2 atom stereocenters. The van der Waals surface area contributed by atoms with Crippen LogP contribution in [0.2, 0.25) is 0 Å². The summed E-state index contributed by atoms with van der Waals surface area (Å²) in [5, 5.41) is 5.54. The van der Waals surface area contributed by atoms with Crippen LogP contribution in [0.5, 0.6) is 5.75 Å². The van der Waals surface area contributed by atoms with Gasteiger partial charge in [-0.2, -0.15) is 0 Å². The van der Waals surface area contributed by atoms with Gasteiger partial charge in [-0.1, -0.05) is 54.1 Å². The number of Topliss-reactive ketones (excluding diaryl/α,β-unsaturated/α-hetero) is 2. The van der Waals surface area contributed by atoms with Crippen molar-refractivity contribution >= 4 is 34.8 Å². The number of hydrogen-bond donors (Lipinski definition) is 2. The Bertz CT molecular complexity index is 1540. The van der Waals surface area contributed by atoms with E-state index < -0.39 is 35.2 Å². The molecular weight excluding hydrogens is 516 g/mol. The van der Waals surface area contributed by atoms with Gasteiger partial charge in [0, 0.05) is 22.5 Å². The van der Waals surface area contributed by atoms with Gasteiger partial charge in [-0.15, -0.1) is 0 Å². The lowest BCUT2D eigenvalue weighted by atomic mass is 9.79. The number of ether oxygens (including phenoxy) is 1. The largest absolute Gasteiger partial charge is 0.497 e. The minimum Gasteiger partial charge on any atom is -0.497 e. The van der Waals surface area contributed by atoms with E-state index in [1.807, 2.05) is 39.0 Å². The Kier molecular flexibility index (Phi) is 9.09. The maximum atomic E-state index is 14.0. The lowest BCUT2D eigenvalue weighted by molar-refractivity contribution is -0.126. The molecule has 4 aromatic carbocycles. The maximum absolute atomic E-state index is 14.0. The molecule has 7 heteroatoms. The Morgan fingerprint density at radius 1 is 0.561 bits per heavy atom. The van der Waals surface area contributed by atoms with Crippen molar-refractivity contribution in [3.8, 4) is 5.75 Å². The van der Waals surface area contributed by atoms with E-state index in [-0.39, 0.29) is 11.1 Å². The highest BCUT2D eigenvalue weighted by Gasteiger charge is 2.44. The maximum Gasteiger partial charge on any atom is 0.236 e. The van der Waals surface area contributed by atoms with Gasteiger partial charge in [0.05, 0.1) is 7.11 Å². The molecule has 0 aromatic heterocycles. The van der Waals surface area contributed by atoms with Crippen LogP contribution >= 0.6 is 0 Å². The molecule has 2 N–H and O–H groups in total. The SMILES string of the molecule is COc1ccc(C(=O)C(C(=O)Nc2ccc(C)cc2)C(C(=O)Nc2cc(C)cc(C)c2)C(=O)c2ccccc2)cc1. The summed E-state index contributed by atoms with van der Waals surface area (Å²) in [5.74, 6) is -5.62. The average Bonchev–Trinajstić information content (AvgIpc) is 2.96. The third-order valence-corrected chi connectivity index (χ3v) is 6.70. The summed E-state index contributed by atoms with van der Waals surface area (Å²) in [4.78, 5) is 55.8. The Morgan fingerprint density at radius 3 is 1.56 bits per heavy atom. The summed E-state index contributed by atoms with van der Waals surface area (Å²) >= 11 is 0. The molecule has 7 nitrogen and oxygen atoms in total. The van der Waals surface area contributed by atoms with Crippen LogP contribution in [0.15, 0.2) is 97.1 Å². The summed E-state index contributed by atoms with van der Waals surface area (Å²) < 4.78 is 5.20. The van der Waals surface area contributed by atoms with Crippen molar-refractivity contribution in [3.63, 3.8) is 0 Å². The molecular formula is C34H32N2O5. The lowest BCUT2D eigenvalue weighted by Gasteiger charge is -2.24. The van der Waals surface area contributed by atoms with Crippen LogP contribution in [0.4, 0.5) is 11.4 Å². The van der Waals surface area contributed by atoms with Gasteiger partial charge in [0.15, 0.2) is 11.6 Å². The van der Waals surface area contributed by atoms with E-state index in [1.165, 1.54) is 19.2 Å². The number of ketones is 2. The fourth-order valence-electron chi connectivity index (χ4n) is 4.68. The predicted molar refractivity (Wildman–Crippen MR) is 159 cm³/mol. The monoisotopic (exact) mass is 548 g/mol. The fraction of sp³-hybridized carbons (Fsp3) is 0.176. The van der Waals surface area contributed by atoms with Gasteiger partial charge in [-0.3, -0.25) is 19.2 Å². The van der Waals surface area contributed by atoms with Crippen LogP contribution in [-0.2, 0) is 9.59 Å². The van der Waals surface area contributed by atoms with E-state index in [4.69, 9.17) is 4.74 Å². The number of carbonyl (C=O) groups excluding carboxylic acids is 4. The minimum atomic E-state index is -1.66. The molecule has 0 fully saturated rings. The van der Waals surface area contributed by atoms with Gasteiger partial charge in [-0.25, -0.2) is 0 Å². The van der Waals surface area contributed by atoms with E-state index in [2.05, 4.69) is 10.6 Å². The molecule has 2 unspecified atom stereocenters. The Morgan fingerprint density at radius 2 is 1.05 bits per heavy atom. The quantitative estimate of drug-likeness (QED) is 0.182. The molecule has 0 radical (unpaired) electrons. The van der Waals surface area contributed by atoms with Crippen LogP contribution in [0, 0.1) is 32.6 Å². The van der Waals surface area contributed by atoms with E-state index in [1.54, 1.807) is 66.7 Å². The first kappa shape index (κ1) is 29.0. The number of hydrogen-bond acceptors (Lipinski definition) is 5. The average molecular weight is 549 g/mol. The predicted octanol–water partition coefficient (Wildman–Crippen LogP) is 6.20. The van der Waals surface area contributed by atoms with E-state index >= 15 is 0 Å². The number of aryl methyl sites for hydroxylation is 3. The number of carbonyl (C=O) groups is 4. The van der Waals surface area contributed by atoms with E-state index in [0.717, 1.165) is 16.7 Å². The summed E-state index contributed by atoms with van der Waals surface area (Å²) in [6, 6.07) is 26.9. The molecule has 0 heterocycles. The van der Waals surface area contributed by atoms with Gasteiger partial charge in [0.25, 0.3) is 0 Å². The molecule has 0 saturated heterocycles. The van der Waals surface area contributed by atoms with Crippen LogP contribution in [0.1, 0.15) is 37.4 Å². The zero-order chi connectivity index (χ0) is 29.5. The highest BCUT2D eigenvalue weighted by atomic mass is 16.5. The zero-order valence-electron chi connectivity index (χ0n) is 23.4. The Balaban J connectivity index is 1.81. The highest BCUT2D eigenvalue weighted by Crippen LogP contribution is 2.28. The molecule has 4 aromatic rings. The van der Waals surface area contributed by atoms with Gasteiger partial charge >= 0.3 is 0 Å². The zero-order valence-corrected chi connectivity index (χ0v) is 23.4. The van der Waals surface area contributed by atoms with E-state index in [0.29, 0.717) is 17.1 Å². The number of benzene rings is 4. The fourth-order valence-corrected chi connectivity index (χ4v) is 4.68. The number of rotatable bonds is 10. The Hall–Kier alpha value is -5.04. The molecule has 0 bridgehead atoms. The third kappa shape index (κ3) is 7.13. The molecule has 0 aliphatic carbocycles. The van der Waals surface area contributed by atoms with Crippen molar-refractivity contribution in [3.05, 3.63) is 125 Å². The number of methoxy groups -OCH3 is 1. The summed E-state index contributed by atoms with van der Waals surface area (Å²) in [7, 11) is 1.50. The second kappa shape index (κ2) is 12.9. The number of nitrogens with one attached hydrogen (secondary N) is 2. The molecule has 0 spiro atoms. The highest BCUT2D eigenvalue weighted by molar-refractivity contribution is 6.24. The first-order chi connectivity index (χ1) is 19.7. The van der Waals surface area contributed by atoms with Crippen molar-refractivity contribution in [2.24, 2.45) is 11.8 Å². The summed E-state index contributed by atoms with van der Waals surface area (Å²) in [6.45, 7) is 5.69. The van der Waals surface area contributed by atoms with Crippen LogP contribution < -0.4 is 15.4 Å². The molecule has 4 rings (SSSR count). The standard InChI is InChI=1S/C34H32N2O5/c1-21-10-14-26(15-11-21)35-33(39)30(32(38)25-12-16-28(41-4)17-13-25)29(31(37)24-8-6-5-7-9-24)34(40)36-27-19-22(2)18-23(3)20-27/h5-20,29-30H,1-4H3,(H,35,39)(H,36,40). The molecule has 0 aliphatic heterocycles. The smallest absolute Gasteiger partial charge is 0.236 e. The van der Waals surface area contributed by atoms with Gasteiger partial charge in [-0.05, 0) is 80.4 Å². The lowest BCUT2D eigenvalue weighted by Crippen LogP contribution is -2.45. The van der Waals surface area contributed by atoms with Gasteiger partial charge < -0.3 is 15.4 Å². The Labute approximate surface area is 239 Å². The second-order valence-corrected chi connectivity index (χ2v) is 10.00. The molecule has 2 amide bonds. The van der Waals surface area contributed by atoms with Crippen molar-refractivity contribution in [2.45, 2.75) is 20.8 Å².